The summed E-state index contributed by atoms with van der Waals surface area (Å²) in [5.41, 5.74) is 6.64. The Morgan fingerprint density at radius 1 is 1.14 bits per heavy atom. The van der Waals surface area contributed by atoms with Crippen molar-refractivity contribution in [1.82, 2.24) is 0 Å². The van der Waals surface area contributed by atoms with Crippen LogP contribution in [0.5, 0.6) is 0 Å². The maximum atomic E-state index is 12.8. The molecule has 2 rings (SSSR count). The first kappa shape index (κ1) is 22.0. The summed E-state index contributed by atoms with van der Waals surface area (Å²) < 4.78 is 5.83. The van der Waals surface area contributed by atoms with E-state index in [1.807, 2.05) is 12.1 Å². The summed E-state index contributed by atoms with van der Waals surface area (Å²) in [6.07, 6.45) is 0. The first-order valence-electron chi connectivity index (χ1n) is 8.38. The molecule has 2 aromatic carbocycles. The summed E-state index contributed by atoms with van der Waals surface area (Å²) in [6.45, 7) is 1.95. The van der Waals surface area contributed by atoms with Crippen LogP contribution in [0.4, 0.5) is 5.69 Å². The van der Waals surface area contributed by atoms with Crippen LogP contribution in [0.1, 0.15) is 27.6 Å². The molecule has 0 heterocycles. The zero-order chi connectivity index (χ0) is 20.5. The molecule has 1 amide bonds. The number of ether oxygens (including phenoxy) is 1. The summed E-state index contributed by atoms with van der Waals surface area (Å²) in [4.78, 5) is 35.7. The van der Waals surface area contributed by atoms with Gasteiger partial charge in [-0.1, -0.05) is 0 Å². The van der Waals surface area contributed by atoms with Gasteiger partial charge in [0.2, 0.25) is 0 Å². The van der Waals surface area contributed by atoms with Crippen molar-refractivity contribution in [3.8, 4) is 0 Å². The van der Waals surface area contributed by atoms with Crippen LogP contribution in [0.15, 0.2) is 48.5 Å². The van der Waals surface area contributed by atoms with Crippen molar-refractivity contribution in [3.63, 3.8) is 0 Å². The average Bonchev–Trinajstić information content (AvgIpc) is 2.68. The van der Waals surface area contributed by atoms with Crippen molar-refractivity contribution in [3.05, 3.63) is 59.7 Å². The Labute approximate surface area is 172 Å². The topological polar surface area (TPSA) is 119 Å². The molecule has 0 fully saturated rings. The van der Waals surface area contributed by atoms with Crippen LogP contribution in [-0.2, 0) is 9.53 Å². The van der Waals surface area contributed by atoms with E-state index in [1.165, 1.54) is 10.2 Å². The number of para-hydroxylation sites is 1. The molecule has 0 aliphatic heterocycles. The van der Waals surface area contributed by atoms with Gasteiger partial charge in [0, 0.05) is 0 Å². The van der Waals surface area contributed by atoms with E-state index in [4.69, 9.17) is 15.6 Å². The number of amides is 1. The van der Waals surface area contributed by atoms with Gasteiger partial charge in [-0.25, -0.2) is 0 Å². The number of rotatable bonds is 9. The molecule has 0 unspecified atom stereocenters. The molecule has 0 saturated heterocycles. The number of aliphatic carboxylic acids is 1. The second-order valence-corrected chi connectivity index (χ2v) is 9.72. The first-order valence-corrected chi connectivity index (χ1v) is 12.2. The number of anilines is 1. The van der Waals surface area contributed by atoms with E-state index < -0.39 is 18.0 Å². The van der Waals surface area contributed by atoms with Gasteiger partial charge in [0.05, 0.1) is 0 Å². The summed E-state index contributed by atoms with van der Waals surface area (Å²) in [5, 5.41) is 11.6. The van der Waals surface area contributed by atoms with E-state index in [-0.39, 0.29) is 37.7 Å². The van der Waals surface area contributed by atoms with Gasteiger partial charge >= 0.3 is 172 Å². The molecule has 148 valence electrons. The molecular formula is C19H20N2O5SSe. The van der Waals surface area contributed by atoms with Crippen LogP contribution >= 0.6 is 10.2 Å². The van der Waals surface area contributed by atoms with Crippen molar-refractivity contribution >= 4 is 52.0 Å². The van der Waals surface area contributed by atoms with Crippen molar-refractivity contribution < 1.29 is 24.2 Å². The molecule has 28 heavy (non-hydrogen) atoms. The van der Waals surface area contributed by atoms with E-state index in [1.54, 1.807) is 43.3 Å². The molecule has 0 radical (unpaired) electrons. The number of benzene rings is 2. The van der Waals surface area contributed by atoms with Gasteiger partial charge < -0.3 is 0 Å². The third-order valence-corrected chi connectivity index (χ3v) is 7.78. The van der Waals surface area contributed by atoms with Gasteiger partial charge in [0.15, 0.2) is 0 Å². The van der Waals surface area contributed by atoms with Gasteiger partial charge in [-0.3, -0.25) is 0 Å². The van der Waals surface area contributed by atoms with Crippen LogP contribution in [0, 0.1) is 0 Å². The monoisotopic (exact) mass is 468 g/mol. The van der Waals surface area contributed by atoms with Crippen molar-refractivity contribution in [1.29, 1.82) is 0 Å². The number of carboxylic acid groups (broad SMARTS) is 1. The van der Waals surface area contributed by atoms with Crippen LogP contribution in [0.3, 0.4) is 0 Å². The van der Waals surface area contributed by atoms with Crippen molar-refractivity contribution in [2.75, 3.05) is 17.7 Å². The van der Waals surface area contributed by atoms with Gasteiger partial charge in [-0.05, 0) is 0 Å². The number of nitrogens with one attached hydrogen (secondary N) is 1. The minimum atomic E-state index is -1.05. The Morgan fingerprint density at radius 3 is 2.46 bits per heavy atom. The molecule has 0 aliphatic carbocycles. The Kier molecular flexibility index (Phi) is 8.53. The third-order valence-electron chi connectivity index (χ3n) is 3.52. The quantitative estimate of drug-likeness (QED) is 0.378. The van der Waals surface area contributed by atoms with Gasteiger partial charge in [0.1, 0.15) is 0 Å². The number of nitrogens with two attached hydrogens (primary N) is 1. The fraction of sp³-hybridized carbons (Fsp3) is 0.211. The van der Waals surface area contributed by atoms with Crippen molar-refractivity contribution in [2.24, 2.45) is 5.73 Å². The summed E-state index contributed by atoms with van der Waals surface area (Å²) in [5.74, 6) is -1.65. The zero-order valence-electron chi connectivity index (χ0n) is 15.1. The molecule has 4 N–H and O–H groups in total. The van der Waals surface area contributed by atoms with E-state index in [0.29, 0.717) is 11.3 Å². The third kappa shape index (κ3) is 6.10. The van der Waals surface area contributed by atoms with Crippen LogP contribution < -0.4 is 15.5 Å². The molecule has 2 aromatic rings. The summed E-state index contributed by atoms with van der Waals surface area (Å²) in [7, 11) is 1.40. The number of carbonyl (C=O) groups excluding carboxylic acids is 2. The van der Waals surface area contributed by atoms with Crippen LogP contribution in [0.2, 0.25) is 0 Å². The first-order chi connectivity index (χ1) is 13.4. The van der Waals surface area contributed by atoms with Gasteiger partial charge in [0.25, 0.3) is 0 Å². The fourth-order valence-electron chi connectivity index (χ4n) is 2.14. The summed E-state index contributed by atoms with van der Waals surface area (Å²) >= 11 is -0.193. The molecule has 0 bridgehead atoms. The second-order valence-electron chi connectivity index (χ2n) is 5.53. The Hall–Kier alpha value is -2.32. The number of hydrogen-bond acceptors (Lipinski definition) is 6. The molecule has 0 spiro atoms. The number of hydrogen-bond donors (Lipinski definition) is 3. The maximum absolute atomic E-state index is 12.8. The fourth-order valence-corrected chi connectivity index (χ4v) is 6.33. The SMILES string of the molecule is CCOC(=O)c1ccccc1NC(=O)c1ccccc1[Se]SC[C@H](N)C(=O)O. The number of carboxylic acids is 1. The Morgan fingerprint density at radius 2 is 1.79 bits per heavy atom. The molecule has 1 atom stereocenters. The summed E-state index contributed by atoms with van der Waals surface area (Å²) in [6, 6.07) is 12.8. The minimum absolute atomic E-state index is 0.193. The van der Waals surface area contributed by atoms with Crippen molar-refractivity contribution in [2.45, 2.75) is 13.0 Å². The molecule has 9 heteroatoms. The zero-order valence-corrected chi connectivity index (χ0v) is 17.6. The molecule has 0 aliphatic rings. The van der Waals surface area contributed by atoms with E-state index >= 15 is 0 Å². The predicted octanol–water partition coefficient (Wildman–Crippen LogP) is 1.51. The van der Waals surface area contributed by atoms with Crippen LogP contribution in [0.25, 0.3) is 0 Å². The molecule has 0 saturated carbocycles. The Bertz CT molecular complexity index is 862. The predicted molar refractivity (Wildman–Crippen MR) is 110 cm³/mol. The Balaban J connectivity index is 2.13. The van der Waals surface area contributed by atoms with E-state index in [0.717, 1.165) is 4.46 Å². The molecule has 0 aromatic heterocycles. The molecule has 7 nitrogen and oxygen atoms in total. The van der Waals surface area contributed by atoms with Crippen LogP contribution in [-0.4, -0.2) is 55.2 Å². The number of esters is 1. The number of carbonyl (C=O) groups is 3. The van der Waals surface area contributed by atoms with E-state index in [9.17, 15) is 14.4 Å². The normalized spacial score (nSPS) is 11.5. The average molecular weight is 467 g/mol. The standard InChI is InChI=1S/C19H20N2O5SSe/c1-2-26-19(25)12-7-3-5-9-15(12)21-17(22)13-8-4-6-10-16(13)28-27-11-14(20)18(23)24/h3-10,14H,2,11,20H2,1H3,(H,21,22)(H,23,24)/t14-/m0/s1. The second kappa shape index (κ2) is 10.9. The van der Waals surface area contributed by atoms with E-state index in [2.05, 4.69) is 5.32 Å². The molecular weight excluding hydrogens is 447 g/mol. The van der Waals surface area contributed by atoms with Gasteiger partial charge in [-0.15, -0.1) is 0 Å². The van der Waals surface area contributed by atoms with Gasteiger partial charge in [-0.2, -0.15) is 0 Å².